The number of aliphatic imine (C=N–C) groups is 1. The zero-order valence-corrected chi connectivity index (χ0v) is 15.1. The van der Waals surface area contributed by atoms with Gasteiger partial charge in [0.1, 0.15) is 17.7 Å². The maximum atomic E-state index is 13.1. The summed E-state index contributed by atoms with van der Waals surface area (Å²) in [7, 11) is 0. The highest BCUT2D eigenvalue weighted by Crippen LogP contribution is 2.13. The maximum absolute atomic E-state index is 13.1. The molecule has 0 aliphatic carbocycles. The fraction of sp³-hybridized carbons (Fsp3) is 0.588. The second-order valence-corrected chi connectivity index (χ2v) is 6.22. The quantitative estimate of drug-likeness (QED) is 0.389. The highest BCUT2D eigenvalue weighted by atomic mass is 32.2. The predicted octanol–water partition coefficient (Wildman–Crippen LogP) is 3.29. The first-order valence-electron chi connectivity index (χ1n) is 8.09. The molecule has 1 rings (SSSR count). The lowest BCUT2D eigenvalue weighted by Crippen LogP contribution is -2.38. The first kappa shape index (κ1) is 19.6. The minimum atomic E-state index is -0.293. The molecule has 0 aliphatic rings. The van der Waals surface area contributed by atoms with E-state index in [4.69, 9.17) is 4.74 Å². The molecule has 0 fully saturated rings. The van der Waals surface area contributed by atoms with Crippen LogP contribution in [-0.4, -0.2) is 43.7 Å². The average molecular weight is 341 g/mol. The minimum absolute atomic E-state index is 0.122. The summed E-state index contributed by atoms with van der Waals surface area (Å²) in [5, 5.41) is 6.54. The molecule has 0 saturated carbocycles. The highest BCUT2D eigenvalue weighted by molar-refractivity contribution is 7.98. The molecule has 0 heterocycles. The Morgan fingerprint density at radius 1 is 1.35 bits per heavy atom. The molecule has 23 heavy (non-hydrogen) atoms. The molecule has 4 nitrogen and oxygen atoms in total. The van der Waals surface area contributed by atoms with E-state index < -0.39 is 0 Å². The summed E-state index contributed by atoms with van der Waals surface area (Å²) in [6.45, 7) is 6.20. The Balaban J connectivity index is 2.39. The van der Waals surface area contributed by atoms with Gasteiger partial charge in [-0.1, -0.05) is 6.07 Å². The summed E-state index contributed by atoms with van der Waals surface area (Å²) in [5.74, 6) is 2.22. The molecular weight excluding hydrogens is 313 g/mol. The van der Waals surface area contributed by atoms with Crippen LogP contribution in [0.4, 0.5) is 4.39 Å². The van der Waals surface area contributed by atoms with Crippen molar-refractivity contribution in [3.05, 3.63) is 30.1 Å². The van der Waals surface area contributed by atoms with Gasteiger partial charge in [-0.3, -0.25) is 0 Å². The van der Waals surface area contributed by atoms with Crippen molar-refractivity contribution >= 4 is 17.7 Å². The van der Waals surface area contributed by atoms with E-state index in [9.17, 15) is 4.39 Å². The summed E-state index contributed by atoms with van der Waals surface area (Å²) in [6.07, 6.45) is 4.33. The number of unbranched alkanes of at least 4 members (excludes halogenated alkanes) is 1. The van der Waals surface area contributed by atoms with Crippen molar-refractivity contribution in [1.82, 2.24) is 10.6 Å². The van der Waals surface area contributed by atoms with Crippen molar-refractivity contribution < 1.29 is 9.13 Å². The molecule has 0 aromatic heterocycles. The third-order valence-electron chi connectivity index (χ3n) is 3.05. The van der Waals surface area contributed by atoms with Crippen LogP contribution < -0.4 is 15.4 Å². The number of halogens is 1. The Kier molecular flexibility index (Phi) is 10.3. The standard InChI is InChI=1S/C17H28FN3OS/c1-4-19-17(20-10-5-6-11-23-3)21-13-14(2)22-16-9-7-8-15(18)12-16/h7-9,12,14H,4-6,10-11,13H2,1-3H3,(H2,19,20,21). The van der Waals surface area contributed by atoms with Gasteiger partial charge in [0.05, 0.1) is 6.54 Å². The number of nitrogens with zero attached hydrogens (tertiary/aromatic N) is 1. The predicted molar refractivity (Wildman–Crippen MR) is 98.1 cm³/mol. The summed E-state index contributed by atoms with van der Waals surface area (Å²) in [4.78, 5) is 4.52. The minimum Gasteiger partial charge on any atom is -0.489 e. The highest BCUT2D eigenvalue weighted by Gasteiger charge is 2.05. The first-order valence-corrected chi connectivity index (χ1v) is 9.48. The summed E-state index contributed by atoms with van der Waals surface area (Å²) in [6, 6.07) is 6.18. The average Bonchev–Trinajstić information content (AvgIpc) is 2.52. The van der Waals surface area contributed by atoms with E-state index >= 15 is 0 Å². The molecule has 0 spiro atoms. The van der Waals surface area contributed by atoms with Gasteiger partial charge < -0.3 is 15.4 Å². The van der Waals surface area contributed by atoms with Gasteiger partial charge in [-0.2, -0.15) is 11.8 Å². The smallest absolute Gasteiger partial charge is 0.191 e. The molecule has 2 N–H and O–H groups in total. The Morgan fingerprint density at radius 3 is 2.87 bits per heavy atom. The summed E-state index contributed by atoms with van der Waals surface area (Å²) < 4.78 is 18.8. The third kappa shape index (κ3) is 9.33. The van der Waals surface area contributed by atoms with E-state index in [1.165, 1.54) is 24.3 Å². The van der Waals surface area contributed by atoms with E-state index in [0.29, 0.717) is 12.3 Å². The van der Waals surface area contributed by atoms with Crippen LogP contribution in [0.1, 0.15) is 26.7 Å². The number of hydrogen-bond donors (Lipinski definition) is 2. The van der Waals surface area contributed by atoms with Crippen molar-refractivity contribution in [2.75, 3.05) is 31.6 Å². The Labute approximate surface area is 143 Å². The van der Waals surface area contributed by atoms with Crippen LogP contribution in [0.2, 0.25) is 0 Å². The topological polar surface area (TPSA) is 45.7 Å². The summed E-state index contributed by atoms with van der Waals surface area (Å²) in [5.41, 5.74) is 0. The molecule has 0 amide bonds. The van der Waals surface area contributed by atoms with Crippen LogP contribution in [0.3, 0.4) is 0 Å². The fourth-order valence-electron chi connectivity index (χ4n) is 1.95. The lowest BCUT2D eigenvalue weighted by molar-refractivity contribution is 0.229. The molecule has 0 aliphatic heterocycles. The molecule has 130 valence electrons. The van der Waals surface area contributed by atoms with Gasteiger partial charge in [0.25, 0.3) is 0 Å². The summed E-state index contributed by atoms with van der Waals surface area (Å²) >= 11 is 1.87. The second kappa shape index (κ2) is 12.0. The van der Waals surface area contributed by atoms with Gasteiger partial charge in [-0.25, -0.2) is 9.38 Å². The SMILES string of the molecule is CCNC(=NCC(C)Oc1cccc(F)c1)NCCCCSC. The van der Waals surface area contributed by atoms with Gasteiger partial charge in [0, 0.05) is 19.2 Å². The van der Waals surface area contributed by atoms with E-state index in [0.717, 1.165) is 25.5 Å². The Bertz CT molecular complexity index is 471. The zero-order chi connectivity index (χ0) is 16.9. The monoisotopic (exact) mass is 341 g/mol. The van der Waals surface area contributed by atoms with Gasteiger partial charge in [-0.15, -0.1) is 0 Å². The molecular formula is C17H28FN3OS. The number of benzene rings is 1. The number of ether oxygens (including phenoxy) is 1. The van der Waals surface area contributed by atoms with Gasteiger partial charge in [0.15, 0.2) is 5.96 Å². The molecule has 1 aromatic carbocycles. The van der Waals surface area contributed by atoms with Crippen LogP contribution in [0.25, 0.3) is 0 Å². The largest absolute Gasteiger partial charge is 0.489 e. The third-order valence-corrected chi connectivity index (χ3v) is 3.75. The van der Waals surface area contributed by atoms with Crippen LogP contribution in [-0.2, 0) is 0 Å². The molecule has 1 aromatic rings. The number of nitrogens with one attached hydrogen (secondary N) is 2. The van der Waals surface area contributed by atoms with Crippen molar-refractivity contribution in [3.8, 4) is 5.75 Å². The lowest BCUT2D eigenvalue weighted by atomic mass is 10.3. The van der Waals surface area contributed by atoms with Gasteiger partial charge in [-0.05, 0) is 50.8 Å². The van der Waals surface area contributed by atoms with Gasteiger partial charge >= 0.3 is 0 Å². The molecule has 1 atom stereocenters. The van der Waals surface area contributed by atoms with Gasteiger partial charge in [0.2, 0.25) is 0 Å². The number of hydrogen-bond acceptors (Lipinski definition) is 3. The van der Waals surface area contributed by atoms with Crippen molar-refractivity contribution in [2.24, 2.45) is 4.99 Å². The fourth-order valence-corrected chi connectivity index (χ4v) is 2.44. The van der Waals surface area contributed by atoms with Crippen LogP contribution in [0, 0.1) is 5.82 Å². The number of guanidine groups is 1. The molecule has 6 heteroatoms. The molecule has 0 radical (unpaired) electrons. The van der Waals surface area contributed by atoms with Crippen LogP contribution in [0.15, 0.2) is 29.3 Å². The zero-order valence-electron chi connectivity index (χ0n) is 14.3. The lowest BCUT2D eigenvalue weighted by Gasteiger charge is -2.15. The van der Waals surface area contributed by atoms with Crippen LogP contribution in [0.5, 0.6) is 5.75 Å². The van der Waals surface area contributed by atoms with Crippen molar-refractivity contribution in [3.63, 3.8) is 0 Å². The number of thioether (sulfide) groups is 1. The Morgan fingerprint density at radius 2 is 2.17 bits per heavy atom. The molecule has 1 unspecified atom stereocenters. The van der Waals surface area contributed by atoms with E-state index in [2.05, 4.69) is 21.9 Å². The first-order chi connectivity index (χ1) is 11.2. The second-order valence-electron chi connectivity index (χ2n) is 5.23. The van der Waals surface area contributed by atoms with E-state index in [1.54, 1.807) is 12.1 Å². The molecule has 0 saturated heterocycles. The maximum Gasteiger partial charge on any atom is 0.191 e. The van der Waals surface area contributed by atoms with Crippen molar-refractivity contribution in [1.29, 1.82) is 0 Å². The number of rotatable bonds is 10. The van der Waals surface area contributed by atoms with Crippen LogP contribution >= 0.6 is 11.8 Å². The van der Waals surface area contributed by atoms with E-state index in [-0.39, 0.29) is 11.9 Å². The normalized spacial score (nSPS) is 12.8. The Hall–Kier alpha value is -1.43. The molecule has 0 bridgehead atoms. The van der Waals surface area contributed by atoms with E-state index in [1.807, 2.05) is 25.6 Å². The van der Waals surface area contributed by atoms with Crippen molar-refractivity contribution in [2.45, 2.75) is 32.8 Å².